The number of hydrogen-bond acceptors (Lipinski definition) is 3. The van der Waals surface area contributed by atoms with Gasteiger partial charge in [-0.25, -0.2) is 0 Å². The average Bonchev–Trinajstić information content (AvgIpc) is 2.54. The summed E-state index contributed by atoms with van der Waals surface area (Å²) in [4.78, 5) is 12.0. The number of benzene rings is 2. The van der Waals surface area contributed by atoms with Crippen LogP contribution in [0.15, 0.2) is 54.6 Å². The van der Waals surface area contributed by atoms with Gasteiger partial charge in [-0.15, -0.1) is 0 Å². The third-order valence-corrected chi connectivity index (χ3v) is 3.39. The van der Waals surface area contributed by atoms with E-state index in [0.29, 0.717) is 5.56 Å². The van der Waals surface area contributed by atoms with Crippen LogP contribution in [0.1, 0.15) is 24.2 Å². The summed E-state index contributed by atoms with van der Waals surface area (Å²) in [6.07, 6.45) is -5.50. The second kappa shape index (κ2) is 6.83. The van der Waals surface area contributed by atoms with Crippen molar-refractivity contribution in [3.63, 3.8) is 0 Å². The zero-order chi connectivity index (χ0) is 17.0. The molecule has 0 aliphatic heterocycles. The van der Waals surface area contributed by atoms with Crippen LogP contribution in [0.25, 0.3) is 0 Å². The number of rotatable bonds is 4. The number of carbonyl (C=O) groups excluding carboxylic acids is 1. The lowest BCUT2D eigenvalue weighted by atomic mass is 9.98. The van der Waals surface area contributed by atoms with Gasteiger partial charge in [-0.2, -0.15) is 13.2 Å². The van der Waals surface area contributed by atoms with Crippen molar-refractivity contribution in [2.45, 2.75) is 19.2 Å². The third-order valence-electron chi connectivity index (χ3n) is 3.39. The van der Waals surface area contributed by atoms with Crippen LogP contribution in [0.2, 0.25) is 0 Å². The highest BCUT2D eigenvalue weighted by atomic mass is 19.4. The Balaban J connectivity index is 2.04. The molecule has 0 unspecified atom stereocenters. The summed E-state index contributed by atoms with van der Waals surface area (Å²) >= 11 is 0. The Bertz CT molecular complexity index is 651. The molecule has 6 heteroatoms. The minimum Gasteiger partial charge on any atom is -0.426 e. The van der Waals surface area contributed by atoms with E-state index >= 15 is 0 Å². The van der Waals surface area contributed by atoms with Crippen LogP contribution in [0, 0.1) is 5.92 Å². The highest BCUT2D eigenvalue weighted by molar-refractivity contribution is 5.75. The van der Waals surface area contributed by atoms with Crippen LogP contribution in [-0.2, 0) is 11.0 Å². The van der Waals surface area contributed by atoms with Gasteiger partial charge in [0.1, 0.15) is 5.75 Å². The van der Waals surface area contributed by atoms with E-state index in [1.54, 1.807) is 30.3 Å². The van der Waals surface area contributed by atoms with Crippen molar-refractivity contribution in [2.24, 2.45) is 5.92 Å². The van der Waals surface area contributed by atoms with Gasteiger partial charge in [0, 0.05) is 0 Å². The fourth-order valence-electron chi connectivity index (χ4n) is 1.99. The van der Waals surface area contributed by atoms with Crippen LogP contribution < -0.4 is 4.74 Å². The summed E-state index contributed by atoms with van der Waals surface area (Å²) in [7, 11) is 0. The van der Waals surface area contributed by atoms with Gasteiger partial charge in [0.05, 0.1) is 17.6 Å². The van der Waals surface area contributed by atoms with E-state index in [2.05, 4.69) is 0 Å². The van der Waals surface area contributed by atoms with Crippen molar-refractivity contribution in [1.29, 1.82) is 0 Å². The molecule has 2 aromatic rings. The Morgan fingerprint density at radius 3 is 2.13 bits per heavy atom. The SMILES string of the molecule is C[C@H](C(=O)Oc1ccc(C(F)(F)F)cc1)[C@@H](O)c1ccccc1. The summed E-state index contributed by atoms with van der Waals surface area (Å²) in [6.45, 7) is 1.49. The third kappa shape index (κ3) is 4.32. The first-order valence-electron chi connectivity index (χ1n) is 6.91. The molecule has 0 aromatic heterocycles. The molecule has 2 rings (SSSR count). The van der Waals surface area contributed by atoms with E-state index < -0.39 is 29.7 Å². The first kappa shape index (κ1) is 17.0. The molecule has 0 radical (unpaired) electrons. The Kier molecular flexibility index (Phi) is 5.05. The predicted octanol–water partition coefficient (Wildman–Crippen LogP) is 3.98. The number of ether oxygens (including phenoxy) is 1. The maximum atomic E-state index is 12.5. The Morgan fingerprint density at radius 1 is 1.04 bits per heavy atom. The Hall–Kier alpha value is -2.34. The lowest BCUT2D eigenvalue weighted by Crippen LogP contribution is -2.24. The van der Waals surface area contributed by atoms with Gasteiger partial charge in [-0.3, -0.25) is 4.79 Å². The van der Waals surface area contributed by atoms with Gasteiger partial charge in [0.15, 0.2) is 0 Å². The molecular formula is C17H15F3O3. The lowest BCUT2D eigenvalue weighted by molar-refractivity contribution is -0.142. The van der Waals surface area contributed by atoms with E-state index in [0.717, 1.165) is 24.3 Å². The van der Waals surface area contributed by atoms with Gasteiger partial charge < -0.3 is 9.84 Å². The van der Waals surface area contributed by atoms with Crippen molar-refractivity contribution in [3.8, 4) is 5.75 Å². The van der Waals surface area contributed by atoms with Crippen LogP contribution >= 0.6 is 0 Å². The first-order chi connectivity index (χ1) is 10.8. The molecule has 0 aliphatic carbocycles. The number of carbonyl (C=O) groups is 1. The lowest BCUT2D eigenvalue weighted by Gasteiger charge is -2.18. The van der Waals surface area contributed by atoms with Crippen LogP contribution in [0.5, 0.6) is 5.75 Å². The number of hydrogen-bond donors (Lipinski definition) is 1. The van der Waals surface area contributed by atoms with Crippen LogP contribution in [-0.4, -0.2) is 11.1 Å². The summed E-state index contributed by atoms with van der Waals surface area (Å²) in [6, 6.07) is 12.4. The fourth-order valence-corrected chi connectivity index (χ4v) is 1.99. The molecule has 0 spiro atoms. The van der Waals surface area contributed by atoms with Crippen molar-refractivity contribution in [3.05, 3.63) is 65.7 Å². The molecule has 2 atom stereocenters. The quantitative estimate of drug-likeness (QED) is 0.683. The molecule has 0 saturated carbocycles. The molecule has 0 fully saturated rings. The molecule has 0 saturated heterocycles. The van der Waals surface area contributed by atoms with E-state index in [1.807, 2.05) is 0 Å². The van der Waals surface area contributed by atoms with Crippen molar-refractivity contribution < 1.29 is 27.8 Å². The zero-order valence-electron chi connectivity index (χ0n) is 12.2. The van der Waals surface area contributed by atoms with Crippen molar-refractivity contribution in [1.82, 2.24) is 0 Å². The number of alkyl halides is 3. The minimum atomic E-state index is -4.45. The topological polar surface area (TPSA) is 46.5 Å². The summed E-state index contributed by atoms with van der Waals surface area (Å²) in [5.74, 6) is -1.59. The van der Waals surface area contributed by atoms with Gasteiger partial charge in [0.25, 0.3) is 0 Å². The second-order valence-corrected chi connectivity index (χ2v) is 5.09. The molecule has 3 nitrogen and oxygen atoms in total. The first-order valence-corrected chi connectivity index (χ1v) is 6.91. The van der Waals surface area contributed by atoms with Gasteiger partial charge in [-0.05, 0) is 36.8 Å². The number of esters is 1. The smallest absolute Gasteiger partial charge is 0.416 e. The largest absolute Gasteiger partial charge is 0.426 e. The number of aliphatic hydroxyl groups excluding tert-OH is 1. The molecule has 23 heavy (non-hydrogen) atoms. The van der Waals surface area contributed by atoms with E-state index in [4.69, 9.17) is 4.74 Å². The second-order valence-electron chi connectivity index (χ2n) is 5.09. The Labute approximate surface area is 131 Å². The van der Waals surface area contributed by atoms with Crippen molar-refractivity contribution >= 4 is 5.97 Å². The number of halogens is 3. The highest BCUT2D eigenvalue weighted by Gasteiger charge is 2.30. The van der Waals surface area contributed by atoms with E-state index in [9.17, 15) is 23.1 Å². The molecule has 0 amide bonds. The monoisotopic (exact) mass is 324 g/mol. The molecule has 0 aliphatic rings. The minimum absolute atomic E-state index is 0.00453. The number of aliphatic hydroxyl groups is 1. The molecule has 2 aromatic carbocycles. The van der Waals surface area contributed by atoms with Gasteiger partial charge in [-0.1, -0.05) is 30.3 Å². The van der Waals surface area contributed by atoms with Gasteiger partial charge >= 0.3 is 12.1 Å². The zero-order valence-corrected chi connectivity index (χ0v) is 12.2. The molecule has 0 heterocycles. The highest BCUT2D eigenvalue weighted by Crippen LogP contribution is 2.30. The average molecular weight is 324 g/mol. The van der Waals surface area contributed by atoms with E-state index in [1.165, 1.54) is 6.92 Å². The molecule has 0 bridgehead atoms. The van der Waals surface area contributed by atoms with Crippen LogP contribution in [0.3, 0.4) is 0 Å². The summed E-state index contributed by atoms with van der Waals surface area (Å²) in [5, 5.41) is 10.1. The maximum absolute atomic E-state index is 12.5. The molecular weight excluding hydrogens is 309 g/mol. The fraction of sp³-hybridized carbons (Fsp3) is 0.235. The molecule has 1 N–H and O–H groups in total. The summed E-state index contributed by atoms with van der Waals surface area (Å²) in [5.41, 5.74) is -0.265. The van der Waals surface area contributed by atoms with Gasteiger partial charge in [0.2, 0.25) is 0 Å². The maximum Gasteiger partial charge on any atom is 0.416 e. The van der Waals surface area contributed by atoms with E-state index in [-0.39, 0.29) is 5.75 Å². The normalized spacial score (nSPS) is 14.1. The van der Waals surface area contributed by atoms with Crippen LogP contribution in [0.4, 0.5) is 13.2 Å². The summed E-state index contributed by atoms with van der Waals surface area (Å²) < 4.78 is 42.4. The predicted molar refractivity (Wildman–Crippen MR) is 77.6 cm³/mol. The molecule has 122 valence electrons. The van der Waals surface area contributed by atoms with Crippen molar-refractivity contribution in [2.75, 3.05) is 0 Å². The Morgan fingerprint density at radius 2 is 1.61 bits per heavy atom. The standard InChI is InChI=1S/C17H15F3O3/c1-11(15(21)12-5-3-2-4-6-12)16(22)23-14-9-7-13(8-10-14)17(18,19)20/h2-11,15,21H,1H3/t11-,15+/m0/s1.